The van der Waals surface area contributed by atoms with Gasteiger partial charge >= 0.3 is 0 Å². The number of rotatable bonds is 6. The maximum absolute atomic E-state index is 13.3. The minimum atomic E-state index is -3.60. The molecule has 0 radical (unpaired) electrons. The molecule has 0 bridgehead atoms. The van der Waals surface area contributed by atoms with Crippen molar-refractivity contribution in [1.82, 2.24) is 8.94 Å². The first-order valence-corrected chi connectivity index (χ1v) is 12.9. The van der Waals surface area contributed by atoms with Crippen LogP contribution in [0.1, 0.15) is 5.56 Å². The fraction of sp³-hybridized carbons (Fsp3) is 0.0769. The highest BCUT2D eigenvalue weighted by molar-refractivity contribution is 8.93. The molecule has 0 spiro atoms. The molecule has 4 aromatic carbocycles. The van der Waals surface area contributed by atoms with Crippen LogP contribution < -0.4 is 4.80 Å². The van der Waals surface area contributed by atoms with E-state index in [0.29, 0.717) is 22.1 Å². The van der Waals surface area contributed by atoms with Crippen LogP contribution in [0.3, 0.4) is 0 Å². The zero-order chi connectivity index (χ0) is 22.7. The molecule has 0 aliphatic carbocycles. The number of aromatic nitrogens is 2. The Bertz CT molecular complexity index is 1580. The summed E-state index contributed by atoms with van der Waals surface area (Å²) in [6.07, 6.45) is 0. The maximum Gasteiger partial charge on any atom is 0.223 e. The van der Waals surface area contributed by atoms with Gasteiger partial charge in [0, 0.05) is 5.56 Å². The van der Waals surface area contributed by atoms with E-state index in [2.05, 4.69) is 9.98 Å². The highest BCUT2D eigenvalue weighted by Gasteiger charge is 2.20. The first kappa shape index (κ1) is 24.1. The molecule has 8 heteroatoms. The third kappa shape index (κ3) is 5.35. The lowest BCUT2D eigenvalue weighted by Gasteiger charge is -2.09. The second-order valence-electron chi connectivity index (χ2n) is 7.61. The summed E-state index contributed by atoms with van der Waals surface area (Å²) in [5, 5.41) is 1.91. The summed E-state index contributed by atoms with van der Waals surface area (Å²) in [6, 6.07) is 32.5. The molecule has 0 saturated carbocycles. The van der Waals surface area contributed by atoms with E-state index in [1.807, 2.05) is 91.0 Å². The molecule has 34 heavy (non-hydrogen) atoms. The number of halogens is 1. The van der Waals surface area contributed by atoms with Crippen molar-refractivity contribution in [3.63, 3.8) is 0 Å². The van der Waals surface area contributed by atoms with Crippen LogP contribution in [-0.4, -0.2) is 17.4 Å². The van der Waals surface area contributed by atoms with Gasteiger partial charge in [-0.15, -0.1) is 17.0 Å². The molecule has 5 nitrogen and oxygen atoms in total. The first-order valence-electron chi connectivity index (χ1n) is 10.5. The SMILES string of the molecule is Br.O=S(=O)(Cn1sc(=NCc2ccccc2)nc1-c1ccccc1)c1ccc2ccccc2c1. The molecule has 5 rings (SSSR count). The second kappa shape index (κ2) is 10.5. The summed E-state index contributed by atoms with van der Waals surface area (Å²) >= 11 is 1.26. The lowest BCUT2D eigenvalue weighted by molar-refractivity contribution is 0.587. The molecule has 172 valence electrons. The quantitative estimate of drug-likeness (QED) is 0.265. The Morgan fingerprint density at radius 1 is 0.794 bits per heavy atom. The smallest absolute Gasteiger partial charge is 0.223 e. The monoisotopic (exact) mass is 551 g/mol. The molecule has 0 unspecified atom stereocenters. The van der Waals surface area contributed by atoms with E-state index in [4.69, 9.17) is 0 Å². The van der Waals surface area contributed by atoms with Crippen molar-refractivity contribution in [3.05, 3.63) is 113 Å². The van der Waals surface area contributed by atoms with Gasteiger partial charge in [-0.05, 0) is 40.0 Å². The van der Waals surface area contributed by atoms with Crippen LogP contribution in [0.5, 0.6) is 0 Å². The third-order valence-corrected chi connectivity index (χ3v) is 7.91. The van der Waals surface area contributed by atoms with Gasteiger partial charge in [0.1, 0.15) is 5.88 Å². The number of hydrogen-bond acceptors (Lipinski definition) is 5. The maximum atomic E-state index is 13.3. The van der Waals surface area contributed by atoms with Crippen molar-refractivity contribution in [3.8, 4) is 11.4 Å². The van der Waals surface area contributed by atoms with Gasteiger partial charge < -0.3 is 0 Å². The summed E-state index contributed by atoms with van der Waals surface area (Å²) in [5.74, 6) is 0.394. The van der Waals surface area contributed by atoms with Gasteiger partial charge in [0.25, 0.3) is 0 Å². The second-order valence-corrected chi connectivity index (χ2v) is 10.6. The molecular weight excluding hydrogens is 530 g/mol. The number of benzene rings is 4. The van der Waals surface area contributed by atoms with E-state index in [1.165, 1.54) is 11.5 Å². The topological polar surface area (TPSA) is 64.3 Å². The summed E-state index contributed by atoms with van der Waals surface area (Å²) in [7, 11) is -3.60. The number of nitrogens with zero attached hydrogens (tertiary/aromatic N) is 3. The third-order valence-electron chi connectivity index (χ3n) is 5.27. The molecule has 0 aliphatic heterocycles. The first-order chi connectivity index (χ1) is 16.1. The van der Waals surface area contributed by atoms with E-state index in [1.54, 1.807) is 16.1 Å². The fourth-order valence-corrected chi connectivity index (χ4v) is 6.06. The molecule has 0 amide bonds. The molecular formula is C26H22BrN3O2S2. The van der Waals surface area contributed by atoms with Crippen LogP contribution >= 0.6 is 28.5 Å². The van der Waals surface area contributed by atoms with Crippen LogP contribution in [0.25, 0.3) is 22.2 Å². The van der Waals surface area contributed by atoms with Crippen LogP contribution in [0, 0.1) is 0 Å². The molecule has 0 atom stereocenters. The zero-order valence-electron chi connectivity index (χ0n) is 18.1. The summed E-state index contributed by atoms with van der Waals surface area (Å²) in [5.41, 5.74) is 1.92. The van der Waals surface area contributed by atoms with Crippen molar-refractivity contribution < 1.29 is 8.42 Å². The molecule has 0 fully saturated rings. The van der Waals surface area contributed by atoms with Gasteiger partial charge in [0.15, 0.2) is 15.7 Å². The number of sulfone groups is 1. The highest BCUT2D eigenvalue weighted by atomic mass is 79.9. The predicted molar refractivity (Wildman–Crippen MR) is 143 cm³/mol. The lowest BCUT2D eigenvalue weighted by atomic mass is 10.1. The van der Waals surface area contributed by atoms with Crippen molar-refractivity contribution >= 4 is 49.1 Å². The van der Waals surface area contributed by atoms with E-state index in [0.717, 1.165) is 21.9 Å². The van der Waals surface area contributed by atoms with Gasteiger partial charge in [-0.3, -0.25) is 8.95 Å². The molecule has 1 aromatic heterocycles. The zero-order valence-corrected chi connectivity index (χ0v) is 21.5. The molecule has 1 heterocycles. The summed E-state index contributed by atoms with van der Waals surface area (Å²) in [4.78, 5) is 10.1. The highest BCUT2D eigenvalue weighted by Crippen LogP contribution is 2.24. The van der Waals surface area contributed by atoms with Crippen LogP contribution in [0.4, 0.5) is 0 Å². The Hall–Kier alpha value is -3.07. The van der Waals surface area contributed by atoms with Crippen molar-refractivity contribution in [2.45, 2.75) is 17.3 Å². The Morgan fingerprint density at radius 3 is 2.18 bits per heavy atom. The molecule has 0 N–H and O–H groups in total. The van der Waals surface area contributed by atoms with Crippen molar-refractivity contribution in [2.75, 3.05) is 0 Å². The Balaban J connectivity index is 0.00000274. The van der Waals surface area contributed by atoms with Gasteiger partial charge in [-0.25, -0.2) is 8.42 Å². The molecule has 5 aromatic rings. The minimum absolute atomic E-state index is 0. The van der Waals surface area contributed by atoms with Gasteiger partial charge in [0.05, 0.1) is 11.4 Å². The number of fused-ring (bicyclic) bond motifs is 1. The summed E-state index contributed by atoms with van der Waals surface area (Å²) < 4.78 is 28.4. The van der Waals surface area contributed by atoms with E-state index < -0.39 is 9.84 Å². The van der Waals surface area contributed by atoms with Crippen LogP contribution in [-0.2, 0) is 22.3 Å². The summed E-state index contributed by atoms with van der Waals surface area (Å²) in [6.45, 7) is 0.486. The Morgan fingerprint density at radius 2 is 1.44 bits per heavy atom. The van der Waals surface area contributed by atoms with E-state index in [9.17, 15) is 8.42 Å². The largest absolute Gasteiger partial charge is 0.262 e. The van der Waals surface area contributed by atoms with Gasteiger partial charge in [-0.2, -0.15) is 4.98 Å². The van der Waals surface area contributed by atoms with E-state index in [-0.39, 0.29) is 22.9 Å². The van der Waals surface area contributed by atoms with Crippen molar-refractivity contribution in [2.24, 2.45) is 4.99 Å². The average Bonchev–Trinajstić information content (AvgIpc) is 3.25. The lowest BCUT2D eigenvalue weighted by Crippen LogP contribution is -2.11. The Kier molecular flexibility index (Phi) is 7.41. The standard InChI is InChI=1S/C26H21N3O2S2.BrH/c30-33(31,24-16-15-21-11-7-8-14-23(21)17-24)19-29-25(22-12-5-2-6-13-22)28-26(32-29)27-18-20-9-3-1-4-10-20;/h1-17H,18-19H2;1H. The Labute approximate surface area is 212 Å². The van der Waals surface area contributed by atoms with E-state index >= 15 is 0 Å². The van der Waals surface area contributed by atoms with Crippen LogP contribution in [0.2, 0.25) is 0 Å². The molecule has 0 aliphatic rings. The normalized spacial score (nSPS) is 11.9. The van der Waals surface area contributed by atoms with Gasteiger partial charge in [0.2, 0.25) is 4.80 Å². The minimum Gasteiger partial charge on any atom is -0.262 e. The van der Waals surface area contributed by atoms with Crippen molar-refractivity contribution in [1.29, 1.82) is 0 Å². The molecule has 0 saturated heterocycles. The van der Waals surface area contributed by atoms with Gasteiger partial charge in [-0.1, -0.05) is 91.0 Å². The predicted octanol–water partition coefficient (Wildman–Crippen LogP) is 5.88. The fourth-order valence-electron chi connectivity index (χ4n) is 3.59. The number of hydrogen-bond donors (Lipinski definition) is 0. The average molecular weight is 553 g/mol. The van der Waals surface area contributed by atoms with Crippen LogP contribution in [0.15, 0.2) is 113 Å².